The van der Waals surface area contributed by atoms with Gasteiger partial charge in [0.1, 0.15) is 11.6 Å². The van der Waals surface area contributed by atoms with E-state index in [0.717, 1.165) is 48.8 Å². The molecule has 2 saturated heterocycles. The summed E-state index contributed by atoms with van der Waals surface area (Å²) in [6, 6.07) is 17.5. The molecule has 8 heteroatoms. The second-order valence-electron chi connectivity index (χ2n) is 9.94. The number of methoxy groups -OCH3 is 1. The van der Waals surface area contributed by atoms with Crippen molar-refractivity contribution < 1.29 is 18.7 Å². The molecule has 2 fully saturated rings. The van der Waals surface area contributed by atoms with Gasteiger partial charge in [0, 0.05) is 68.2 Å². The quantitative estimate of drug-likeness (QED) is 0.499. The van der Waals surface area contributed by atoms with Crippen LogP contribution in [0, 0.1) is 12.7 Å². The molecule has 0 atom stereocenters. The van der Waals surface area contributed by atoms with Crippen LogP contribution < -0.4 is 9.64 Å². The van der Waals surface area contributed by atoms with Crippen LogP contribution >= 0.6 is 0 Å². The summed E-state index contributed by atoms with van der Waals surface area (Å²) in [7, 11) is 1.66. The van der Waals surface area contributed by atoms with E-state index < -0.39 is 0 Å². The fourth-order valence-corrected chi connectivity index (χ4v) is 5.35. The highest BCUT2D eigenvalue weighted by Crippen LogP contribution is 2.31. The van der Waals surface area contributed by atoms with E-state index in [1.807, 2.05) is 42.2 Å². The second-order valence-corrected chi connectivity index (χ2v) is 9.94. The number of aryl methyl sites for hydroxylation is 1. The first-order chi connectivity index (χ1) is 18.4. The zero-order valence-corrected chi connectivity index (χ0v) is 21.9. The topological polar surface area (TPSA) is 66.0 Å². The number of ether oxygens (including phenoxy) is 1. The molecule has 0 bridgehead atoms. The third-order valence-electron chi connectivity index (χ3n) is 7.54. The van der Waals surface area contributed by atoms with Crippen molar-refractivity contribution in [1.29, 1.82) is 0 Å². The maximum atomic E-state index is 13.7. The number of aromatic nitrogens is 1. The minimum absolute atomic E-state index is 0.0163. The van der Waals surface area contributed by atoms with Crippen LogP contribution in [0.5, 0.6) is 5.75 Å². The third-order valence-corrected chi connectivity index (χ3v) is 7.54. The van der Waals surface area contributed by atoms with Crippen molar-refractivity contribution >= 4 is 17.5 Å². The molecule has 0 unspecified atom stereocenters. The molecule has 2 aliphatic rings. The number of carbonyl (C=O) groups is 2. The molecule has 3 aromatic rings. The Morgan fingerprint density at radius 2 is 1.55 bits per heavy atom. The number of rotatable bonds is 5. The number of benzene rings is 2. The number of anilines is 1. The van der Waals surface area contributed by atoms with Gasteiger partial charge in [-0.2, -0.15) is 0 Å². The van der Waals surface area contributed by atoms with Gasteiger partial charge in [0.05, 0.1) is 18.4 Å². The lowest BCUT2D eigenvalue weighted by Crippen LogP contribution is -2.49. The average molecular weight is 517 g/mol. The number of nitrogens with zero attached hydrogens (tertiary/aromatic N) is 4. The molecular formula is C30H33FN4O3. The van der Waals surface area contributed by atoms with Gasteiger partial charge in [-0.25, -0.2) is 4.39 Å². The molecule has 5 rings (SSSR count). The van der Waals surface area contributed by atoms with Gasteiger partial charge in [-0.1, -0.05) is 6.07 Å². The van der Waals surface area contributed by atoms with Crippen LogP contribution in [0.25, 0.3) is 0 Å². The molecule has 2 aliphatic heterocycles. The molecule has 38 heavy (non-hydrogen) atoms. The van der Waals surface area contributed by atoms with Gasteiger partial charge in [-0.15, -0.1) is 0 Å². The van der Waals surface area contributed by atoms with Crippen LogP contribution in [0.1, 0.15) is 50.9 Å². The molecule has 2 amide bonds. The van der Waals surface area contributed by atoms with Crippen molar-refractivity contribution in [3.05, 3.63) is 89.0 Å². The summed E-state index contributed by atoms with van der Waals surface area (Å²) in [5, 5.41) is 0. The number of halogens is 1. The molecule has 7 nitrogen and oxygen atoms in total. The number of piperidine rings is 1. The fourth-order valence-electron chi connectivity index (χ4n) is 5.35. The SMILES string of the molecule is COc1cccc(N2CCN(C(=O)c3ccc(C)nc3C3CCN(C(=O)c4ccc(F)cc4)CC3)CC2)c1. The number of likely N-dealkylation sites (tertiary alicyclic amines) is 1. The van der Waals surface area contributed by atoms with Crippen LogP contribution in [0.4, 0.5) is 10.1 Å². The average Bonchev–Trinajstić information content (AvgIpc) is 2.97. The lowest BCUT2D eigenvalue weighted by atomic mass is 9.89. The number of carbonyl (C=O) groups excluding carboxylic acids is 2. The van der Waals surface area contributed by atoms with Gasteiger partial charge < -0.3 is 19.4 Å². The van der Waals surface area contributed by atoms with Crippen molar-refractivity contribution in [3.8, 4) is 5.75 Å². The Morgan fingerprint density at radius 3 is 2.24 bits per heavy atom. The van der Waals surface area contributed by atoms with Crippen LogP contribution in [0.2, 0.25) is 0 Å². The smallest absolute Gasteiger partial charge is 0.255 e. The van der Waals surface area contributed by atoms with Crippen LogP contribution in [-0.4, -0.2) is 73.0 Å². The summed E-state index contributed by atoms with van der Waals surface area (Å²) in [5.74, 6) is 0.490. The fraction of sp³-hybridized carbons (Fsp3) is 0.367. The Hall–Kier alpha value is -3.94. The monoisotopic (exact) mass is 516 g/mol. The van der Waals surface area contributed by atoms with Gasteiger partial charge in [0.25, 0.3) is 11.8 Å². The van der Waals surface area contributed by atoms with Crippen molar-refractivity contribution in [3.63, 3.8) is 0 Å². The number of hydrogen-bond acceptors (Lipinski definition) is 5. The molecule has 0 aliphatic carbocycles. The number of hydrogen-bond donors (Lipinski definition) is 0. The lowest BCUT2D eigenvalue weighted by molar-refractivity contribution is 0.0702. The minimum atomic E-state index is -0.357. The Labute approximate surface area is 222 Å². The zero-order valence-electron chi connectivity index (χ0n) is 21.9. The van der Waals surface area contributed by atoms with E-state index in [1.165, 1.54) is 24.3 Å². The Morgan fingerprint density at radius 1 is 0.868 bits per heavy atom. The maximum Gasteiger partial charge on any atom is 0.255 e. The van der Waals surface area contributed by atoms with E-state index in [9.17, 15) is 14.0 Å². The summed E-state index contributed by atoms with van der Waals surface area (Å²) >= 11 is 0. The third kappa shape index (κ3) is 5.49. The van der Waals surface area contributed by atoms with Gasteiger partial charge in [0.15, 0.2) is 0 Å². The van der Waals surface area contributed by atoms with E-state index in [-0.39, 0.29) is 23.5 Å². The molecule has 0 saturated carbocycles. The first kappa shape index (κ1) is 25.7. The van der Waals surface area contributed by atoms with Crippen molar-refractivity contribution in [1.82, 2.24) is 14.8 Å². The van der Waals surface area contributed by atoms with E-state index in [0.29, 0.717) is 37.3 Å². The van der Waals surface area contributed by atoms with Crippen molar-refractivity contribution in [2.75, 3.05) is 51.3 Å². The minimum Gasteiger partial charge on any atom is -0.497 e. The predicted molar refractivity (Wildman–Crippen MR) is 144 cm³/mol. The summed E-state index contributed by atoms with van der Waals surface area (Å²) < 4.78 is 18.6. The number of pyridine rings is 1. The Kier molecular flexibility index (Phi) is 7.58. The first-order valence-corrected chi connectivity index (χ1v) is 13.1. The highest BCUT2D eigenvalue weighted by atomic mass is 19.1. The van der Waals surface area contributed by atoms with E-state index in [1.54, 1.807) is 12.0 Å². The first-order valence-electron chi connectivity index (χ1n) is 13.1. The van der Waals surface area contributed by atoms with Crippen LogP contribution in [0.15, 0.2) is 60.7 Å². The van der Waals surface area contributed by atoms with E-state index in [2.05, 4.69) is 11.0 Å². The summed E-state index contributed by atoms with van der Waals surface area (Å²) in [4.78, 5) is 37.3. The molecule has 0 N–H and O–H groups in total. The van der Waals surface area contributed by atoms with Crippen molar-refractivity contribution in [2.45, 2.75) is 25.7 Å². The largest absolute Gasteiger partial charge is 0.497 e. The standard InChI is InChI=1S/C30H33FN4O3/c1-21-6-11-27(30(37)35-18-16-33(17-19-35)25-4-3-5-26(20-25)38-2)28(32-21)22-12-14-34(15-13-22)29(36)23-7-9-24(31)10-8-23/h3-11,20,22H,12-19H2,1-2H3. The molecular weight excluding hydrogens is 483 g/mol. The van der Waals surface area contributed by atoms with E-state index in [4.69, 9.17) is 9.72 Å². The Bertz CT molecular complexity index is 1300. The molecule has 3 heterocycles. The molecule has 1 aromatic heterocycles. The predicted octanol–water partition coefficient (Wildman–Crippen LogP) is 4.52. The maximum absolute atomic E-state index is 13.7. The van der Waals surface area contributed by atoms with Crippen LogP contribution in [0.3, 0.4) is 0 Å². The summed E-state index contributed by atoms with van der Waals surface area (Å²) in [5.41, 5.74) is 3.95. The van der Waals surface area contributed by atoms with Gasteiger partial charge in [-0.3, -0.25) is 14.6 Å². The van der Waals surface area contributed by atoms with Gasteiger partial charge >= 0.3 is 0 Å². The highest BCUT2D eigenvalue weighted by molar-refractivity contribution is 5.96. The zero-order chi connectivity index (χ0) is 26.6. The van der Waals surface area contributed by atoms with Crippen molar-refractivity contribution in [2.24, 2.45) is 0 Å². The molecule has 2 aromatic carbocycles. The highest BCUT2D eigenvalue weighted by Gasteiger charge is 2.31. The molecule has 0 spiro atoms. The van der Waals surface area contributed by atoms with Crippen LogP contribution in [-0.2, 0) is 0 Å². The van der Waals surface area contributed by atoms with Gasteiger partial charge in [0.2, 0.25) is 0 Å². The van der Waals surface area contributed by atoms with Gasteiger partial charge in [-0.05, 0) is 68.3 Å². The molecule has 198 valence electrons. The Balaban J connectivity index is 1.24. The van der Waals surface area contributed by atoms with E-state index >= 15 is 0 Å². The summed E-state index contributed by atoms with van der Waals surface area (Å²) in [6.45, 7) is 5.85. The number of piperazine rings is 1. The second kappa shape index (κ2) is 11.2. The summed E-state index contributed by atoms with van der Waals surface area (Å²) in [6.07, 6.45) is 1.46. The number of amides is 2. The molecule has 0 radical (unpaired) electrons. The lowest BCUT2D eigenvalue weighted by Gasteiger charge is -2.37. The normalized spacial score (nSPS) is 16.4.